The lowest BCUT2D eigenvalue weighted by Gasteiger charge is -1.96. The average Bonchev–Trinajstić information content (AvgIpc) is 2.37. The van der Waals surface area contributed by atoms with Crippen LogP contribution in [0.15, 0.2) is 28.4 Å². The fraction of sp³-hybridized carbons (Fsp3) is 0.100. The highest BCUT2D eigenvalue weighted by molar-refractivity contribution is 5.86. The lowest BCUT2D eigenvalue weighted by molar-refractivity contribution is -0.394. The number of nitrogens with two attached hydrogens (primary N) is 2. The molecule has 1 aromatic rings. The van der Waals surface area contributed by atoms with Crippen molar-refractivity contribution in [3.63, 3.8) is 0 Å². The Labute approximate surface area is 123 Å². The first-order valence-electron chi connectivity index (χ1n) is 5.39. The predicted molar refractivity (Wildman–Crippen MR) is 76.5 cm³/mol. The molecule has 0 saturated heterocycles. The van der Waals surface area contributed by atoms with Crippen LogP contribution in [0.2, 0.25) is 0 Å². The Hall–Kier alpha value is -3.57. The molecule has 0 amide bonds. The van der Waals surface area contributed by atoms with Crippen molar-refractivity contribution >= 4 is 29.5 Å². The van der Waals surface area contributed by atoms with Crippen LogP contribution in [0.3, 0.4) is 0 Å². The summed E-state index contributed by atoms with van der Waals surface area (Å²) < 4.78 is 0. The van der Waals surface area contributed by atoms with Crippen LogP contribution in [0.25, 0.3) is 0 Å². The molecule has 1 aromatic carbocycles. The van der Waals surface area contributed by atoms with Gasteiger partial charge >= 0.3 is 0 Å². The Morgan fingerprint density at radius 1 is 1.27 bits per heavy atom. The summed E-state index contributed by atoms with van der Waals surface area (Å²) in [5.41, 5.74) is 9.22. The molecule has 12 nitrogen and oxygen atoms in total. The third-order valence-corrected chi connectivity index (χ3v) is 1.79. The van der Waals surface area contributed by atoms with Crippen LogP contribution in [-0.2, 0) is 4.79 Å². The van der Waals surface area contributed by atoms with Crippen LogP contribution >= 0.6 is 0 Å². The van der Waals surface area contributed by atoms with E-state index in [1.54, 1.807) is 0 Å². The number of carboxylic acids is 1. The molecule has 0 saturated carbocycles. The van der Waals surface area contributed by atoms with Gasteiger partial charge in [0.15, 0.2) is 0 Å². The molecule has 0 heterocycles. The van der Waals surface area contributed by atoms with E-state index in [0.717, 1.165) is 25.3 Å². The Kier molecular flexibility index (Phi) is 7.18. The number of nitro groups is 2. The lowest BCUT2D eigenvalue weighted by atomic mass is 10.2. The summed E-state index contributed by atoms with van der Waals surface area (Å²) in [7, 11) is 0. The largest absolute Gasteiger partial charge is 0.481 e. The topological polar surface area (TPSA) is 200 Å². The minimum atomic E-state index is -0.833. The number of carboxylic acid groups (broad SMARTS) is 1. The van der Waals surface area contributed by atoms with Gasteiger partial charge in [-0.2, -0.15) is 5.10 Å². The number of nitro benzene ring substituents is 2. The molecule has 0 atom stereocenters. The fourth-order valence-corrected chi connectivity index (χ4v) is 1.07. The molecule has 1 rings (SSSR count). The summed E-state index contributed by atoms with van der Waals surface area (Å²) in [5, 5.41) is 35.3. The van der Waals surface area contributed by atoms with Crippen molar-refractivity contribution in [3.05, 3.63) is 44.0 Å². The zero-order valence-electron chi connectivity index (χ0n) is 11.2. The van der Waals surface area contributed by atoms with Gasteiger partial charge in [-0.05, 0) is 6.07 Å². The maximum atomic E-state index is 10.7. The number of carbonyl (C=O) groups is 1. The van der Waals surface area contributed by atoms with E-state index in [-0.39, 0.29) is 17.2 Å². The van der Waals surface area contributed by atoms with E-state index in [9.17, 15) is 20.2 Å². The summed E-state index contributed by atoms with van der Waals surface area (Å²) in [6.07, 6.45) is 1.03. The molecule has 0 fully saturated rings. The highest BCUT2D eigenvalue weighted by Gasteiger charge is 2.17. The van der Waals surface area contributed by atoms with Gasteiger partial charge in [0.2, 0.25) is 5.96 Å². The smallest absolute Gasteiger partial charge is 0.300 e. The van der Waals surface area contributed by atoms with Gasteiger partial charge in [0.25, 0.3) is 17.3 Å². The molecular weight excluding hydrogens is 300 g/mol. The number of benzene rings is 1. The summed E-state index contributed by atoms with van der Waals surface area (Å²) in [6, 6.07) is 3.13. The molecule has 12 heteroatoms. The van der Waals surface area contributed by atoms with Crippen LogP contribution < -0.4 is 11.5 Å². The van der Waals surface area contributed by atoms with Crippen LogP contribution in [0, 0.1) is 20.2 Å². The van der Waals surface area contributed by atoms with E-state index in [2.05, 4.69) is 10.2 Å². The van der Waals surface area contributed by atoms with Crippen molar-refractivity contribution in [2.24, 2.45) is 21.7 Å². The Bertz CT molecular complexity index is 633. The van der Waals surface area contributed by atoms with Crippen molar-refractivity contribution in [2.45, 2.75) is 6.92 Å². The minimum Gasteiger partial charge on any atom is -0.481 e. The van der Waals surface area contributed by atoms with Gasteiger partial charge < -0.3 is 16.6 Å². The van der Waals surface area contributed by atoms with Gasteiger partial charge in [-0.25, -0.2) is 0 Å². The number of nitrogens with zero attached hydrogens (tertiary/aromatic N) is 4. The molecule has 0 bridgehead atoms. The molecule has 0 aliphatic heterocycles. The maximum Gasteiger partial charge on any atom is 0.300 e. The monoisotopic (exact) mass is 312 g/mol. The quantitative estimate of drug-likeness (QED) is 0.302. The van der Waals surface area contributed by atoms with Crippen molar-refractivity contribution < 1.29 is 19.7 Å². The SMILES string of the molecule is CC(=O)O.NC(N)=N/N=C/c1ccc([N+](=O)[O-])cc1[N+](=O)[O-]. The van der Waals surface area contributed by atoms with E-state index in [4.69, 9.17) is 21.4 Å². The second kappa shape index (κ2) is 8.57. The van der Waals surface area contributed by atoms with Gasteiger partial charge in [0.05, 0.1) is 27.7 Å². The zero-order chi connectivity index (χ0) is 17.3. The third kappa shape index (κ3) is 7.13. The van der Waals surface area contributed by atoms with Gasteiger partial charge in [-0.1, -0.05) is 0 Å². The van der Waals surface area contributed by atoms with Gasteiger partial charge in [-0.15, -0.1) is 5.10 Å². The lowest BCUT2D eigenvalue weighted by Crippen LogP contribution is -2.21. The second-order valence-corrected chi connectivity index (χ2v) is 3.55. The second-order valence-electron chi connectivity index (χ2n) is 3.55. The van der Waals surface area contributed by atoms with E-state index >= 15 is 0 Å². The highest BCUT2D eigenvalue weighted by atomic mass is 16.6. The summed E-state index contributed by atoms with van der Waals surface area (Å²) in [4.78, 5) is 28.7. The molecule has 118 valence electrons. The zero-order valence-corrected chi connectivity index (χ0v) is 11.2. The molecular formula is C10H12N6O6. The number of hydrogen-bond donors (Lipinski definition) is 3. The van der Waals surface area contributed by atoms with Crippen LogP contribution in [-0.4, -0.2) is 33.1 Å². The molecule has 0 radical (unpaired) electrons. The Morgan fingerprint density at radius 3 is 2.23 bits per heavy atom. The van der Waals surface area contributed by atoms with Gasteiger partial charge in [-0.3, -0.25) is 25.0 Å². The van der Waals surface area contributed by atoms with E-state index in [1.807, 2.05) is 0 Å². The first-order chi connectivity index (χ1) is 10.1. The molecule has 0 aromatic heterocycles. The highest BCUT2D eigenvalue weighted by Crippen LogP contribution is 2.23. The Balaban J connectivity index is 0.000000980. The van der Waals surface area contributed by atoms with Crippen LogP contribution in [0.4, 0.5) is 11.4 Å². The average molecular weight is 312 g/mol. The van der Waals surface area contributed by atoms with Crippen molar-refractivity contribution in [3.8, 4) is 0 Å². The third-order valence-electron chi connectivity index (χ3n) is 1.79. The number of guanidine groups is 1. The van der Waals surface area contributed by atoms with Crippen molar-refractivity contribution in [1.29, 1.82) is 0 Å². The first kappa shape index (κ1) is 18.4. The van der Waals surface area contributed by atoms with Gasteiger partial charge in [0, 0.05) is 13.0 Å². The summed E-state index contributed by atoms with van der Waals surface area (Å²) in [5.74, 6) is -1.14. The number of non-ortho nitro benzene ring substituents is 1. The van der Waals surface area contributed by atoms with Crippen LogP contribution in [0.1, 0.15) is 12.5 Å². The minimum absolute atomic E-state index is 0.0515. The normalized spacial score (nSPS) is 9.50. The van der Waals surface area contributed by atoms with Crippen LogP contribution in [0.5, 0.6) is 0 Å². The number of aliphatic carboxylic acids is 1. The number of rotatable bonds is 4. The summed E-state index contributed by atoms with van der Waals surface area (Å²) >= 11 is 0. The van der Waals surface area contributed by atoms with E-state index in [0.29, 0.717) is 0 Å². The van der Waals surface area contributed by atoms with Crippen molar-refractivity contribution in [1.82, 2.24) is 0 Å². The fourth-order valence-electron chi connectivity index (χ4n) is 1.07. The molecule has 0 spiro atoms. The van der Waals surface area contributed by atoms with Gasteiger partial charge in [0.1, 0.15) is 0 Å². The molecule has 5 N–H and O–H groups in total. The summed E-state index contributed by atoms with van der Waals surface area (Å²) in [6.45, 7) is 1.08. The first-order valence-corrected chi connectivity index (χ1v) is 5.39. The standard InChI is InChI=1S/C8H8N6O4.C2H4O2/c9-8(10)12-11-4-5-1-2-6(13(15)16)3-7(5)14(17)18;1-2(3)4/h1-4H,(H4,9,10,12);1H3,(H,3,4)/b11-4+;. The molecule has 0 unspecified atom stereocenters. The van der Waals surface area contributed by atoms with Crippen molar-refractivity contribution in [2.75, 3.05) is 0 Å². The van der Waals surface area contributed by atoms with E-state index in [1.165, 1.54) is 6.07 Å². The maximum absolute atomic E-state index is 10.7. The predicted octanol–water partition coefficient (Wildman–Crippen LogP) is 0.201. The molecule has 0 aliphatic carbocycles. The number of hydrogen-bond acceptors (Lipinski definition) is 7. The van der Waals surface area contributed by atoms with E-state index < -0.39 is 21.5 Å². The Morgan fingerprint density at radius 2 is 1.82 bits per heavy atom. The molecule has 22 heavy (non-hydrogen) atoms. The molecule has 0 aliphatic rings.